The van der Waals surface area contributed by atoms with Gasteiger partial charge in [0.25, 0.3) is 0 Å². The predicted molar refractivity (Wildman–Crippen MR) is 47.6 cm³/mol. The first kappa shape index (κ1) is 8.79. The minimum atomic E-state index is 0.0260. The lowest BCUT2D eigenvalue weighted by Crippen LogP contribution is -2.34. The van der Waals surface area contributed by atoms with Gasteiger partial charge in [-0.25, -0.2) is 0 Å². The quantitative estimate of drug-likeness (QED) is 0.556. The van der Waals surface area contributed by atoms with E-state index in [1.54, 1.807) is 7.11 Å². The summed E-state index contributed by atoms with van der Waals surface area (Å²) in [5.74, 6) is 0. The average molecular weight is 154 g/mol. The van der Waals surface area contributed by atoms with Crippen molar-refractivity contribution < 1.29 is 4.74 Å². The fraction of sp³-hybridized carbons (Fsp3) is 0.800. The third kappa shape index (κ3) is 1.64. The second-order valence-corrected chi connectivity index (χ2v) is 3.54. The van der Waals surface area contributed by atoms with Crippen LogP contribution in [-0.4, -0.2) is 12.7 Å². The largest absolute Gasteiger partial charge is 0.374 e. The Morgan fingerprint density at radius 2 is 1.82 bits per heavy atom. The van der Waals surface area contributed by atoms with Crippen molar-refractivity contribution in [2.24, 2.45) is 0 Å². The number of hydrogen-bond donors (Lipinski definition) is 0. The molecule has 0 bridgehead atoms. The monoisotopic (exact) mass is 154 g/mol. The van der Waals surface area contributed by atoms with Gasteiger partial charge < -0.3 is 4.74 Å². The Morgan fingerprint density at radius 3 is 2.09 bits per heavy atom. The molecular weight excluding hydrogens is 136 g/mol. The summed E-state index contributed by atoms with van der Waals surface area (Å²) in [6, 6.07) is 0. The average Bonchev–Trinajstić information content (AvgIpc) is 2.05. The molecule has 0 aliphatic heterocycles. The second kappa shape index (κ2) is 3.40. The highest BCUT2D eigenvalue weighted by Crippen LogP contribution is 2.35. The molecule has 1 heteroatoms. The molecule has 0 amide bonds. The highest BCUT2D eigenvalue weighted by atomic mass is 16.5. The molecule has 11 heavy (non-hydrogen) atoms. The van der Waals surface area contributed by atoms with E-state index >= 15 is 0 Å². The summed E-state index contributed by atoms with van der Waals surface area (Å²) in [5, 5.41) is 0. The van der Waals surface area contributed by atoms with Gasteiger partial charge in [-0.3, -0.25) is 0 Å². The topological polar surface area (TPSA) is 9.23 Å². The van der Waals surface area contributed by atoms with Gasteiger partial charge >= 0.3 is 0 Å². The normalized spacial score (nSPS) is 23.1. The van der Waals surface area contributed by atoms with E-state index in [1.165, 1.54) is 37.7 Å². The molecule has 0 radical (unpaired) electrons. The van der Waals surface area contributed by atoms with Crippen LogP contribution < -0.4 is 0 Å². The number of hydrogen-bond acceptors (Lipinski definition) is 1. The van der Waals surface area contributed by atoms with Crippen molar-refractivity contribution in [3.05, 3.63) is 12.2 Å². The molecule has 1 aliphatic carbocycles. The van der Waals surface area contributed by atoms with Crippen LogP contribution in [0.4, 0.5) is 0 Å². The van der Waals surface area contributed by atoms with E-state index in [1.807, 2.05) is 0 Å². The third-order valence-corrected chi connectivity index (χ3v) is 2.83. The van der Waals surface area contributed by atoms with Crippen molar-refractivity contribution in [2.75, 3.05) is 7.11 Å². The van der Waals surface area contributed by atoms with E-state index in [-0.39, 0.29) is 5.60 Å². The zero-order chi connectivity index (χ0) is 8.32. The first-order valence-corrected chi connectivity index (χ1v) is 4.42. The van der Waals surface area contributed by atoms with Crippen molar-refractivity contribution in [3.8, 4) is 0 Å². The van der Waals surface area contributed by atoms with Crippen molar-refractivity contribution >= 4 is 0 Å². The summed E-state index contributed by atoms with van der Waals surface area (Å²) in [5.41, 5.74) is 1.22. The maximum absolute atomic E-state index is 5.54. The Balaban J connectivity index is 2.64. The van der Waals surface area contributed by atoms with Crippen LogP contribution in [0.25, 0.3) is 0 Å². The van der Waals surface area contributed by atoms with Crippen LogP contribution in [0.5, 0.6) is 0 Å². The fourth-order valence-corrected chi connectivity index (χ4v) is 1.93. The summed E-state index contributed by atoms with van der Waals surface area (Å²) < 4.78 is 5.54. The van der Waals surface area contributed by atoms with Gasteiger partial charge in [-0.05, 0) is 25.3 Å². The first-order valence-electron chi connectivity index (χ1n) is 4.42. The standard InChI is InChI=1S/C10H18O/c1-9(2)10(11-3)7-5-4-6-8-10/h1,4-8H2,2-3H3. The van der Waals surface area contributed by atoms with Gasteiger partial charge in [-0.15, -0.1) is 0 Å². The Labute approximate surface area is 69.4 Å². The summed E-state index contributed by atoms with van der Waals surface area (Å²) >= 11 is 0. The third-order valence-electron chi connectivity index (χ3n) is 2.83. The molecule has 1 saturated carbocycles. The van der Waals surface area contributed by atoms with Gasteiger partial charge in [0.1, 0.15) is 0 Å². The molecule has 0 aromatic carbocycles. The zero-order valence-corrected chi connectivity index (χ0v) is 7.65. The van der Waals surface area contributed by atoms with Gasteiger partial charge in [-0.2, -0.15) is 0 Å². The maximum atomic E-state index is 5.54. The van der Waals surface area contributed by atoms with E-state index in [0.29, 0.717) is 0 Å². The molecule has 0 aromatic heterocycles. The van der Waals surface area contributed by atoms with E-state index in [2.05, 4.69) is 13.5 Å². The molecule has 1 rings (SSSR count). The van der Waals surface area contributed by atoms with E-state index < -0.39 is 0 Å². The molecule has 1 fully saturated rings. The summed E-state index contributed by atoms with van der Waals surface area (Å²) in [6.45, 7) is 6.07. The molecule has 0 saturated heterocycles. The van der Waals surface area contributed by atoms with Crippen molar-refractivity contribution in [3.63, 3.8) is 0 Å². The van der Waals surface area contributed by atoms with Gasteiger partial charge in [0.05, 0.1) is 5.60 Å². The van der Waals surface area contributed by atoms with E-state index in [0.717, 1.165) is 0 Å². The van der Waals surface area contributed by atoms with Crippen molar-refractivity contribution in [1.29, 1.82) is 0 Å². The molecular formula is C10H18O. The lowest BCUT2D eigenvalue weighted by Gasteiger charge is -2.36. The minimum Gasteiger partial charge on any atom is -0.374 e. The predicted octanol–water partition coefficient (Wildman–Crippen LogP) is 2.91. The molecule has 0 aromatic rings. The SMILES string of the molecule is C=C(C)C1(OC)CCCCC1. The Bertz CT molecular complexity index is 143. The van der Waals surface area contributed by atoms with Crippen LogP contribution >= 0.6 is 0 Å². The zero-order valence-electron chi connectivity index (χ0n) is 7.65. The Kier molecular flexibility index (Phi) is 2.72. The summed E-state index contributed by atoms with van der Waals surface area (Å²) in [7, 11) is 1.81. The lowest BCUT2D eigenvalue weighted by molar-refractivity contribution is -0.00750. The molecule has 0 spiro atoms. The Hall–Kier alpha value is -0.300. The van der Waals surface area contributed by atoms with Crippen molar-refractivity contribution in [2.45, 2.75) is 44.6 Å². The van der Waals surface area contributed by atoms with Gasteiger partial charge in [0.2, 0.25) is 0 Å². The smallest absolute Gasteiger partial charge is 0.0882 e. The highest BCUT2D eigenvalue weighted by Gasteiger charge is 2.32. The molecule has 0 atom stereocenters. The molecule has 64 valence electrons. The number of methoxy groups -OCH3 is 1. The summed E-state index contributed by atoms with van der Waals surface area (Å²) in [4.78, 5) is 0. The molecule has 1 nitrogen and oxygen atoms in total. The van der Waals surface area contributed by atoms with Crippen LogP contribution in [-0.2, 0) is 4.74 Å². The molecule has 0 heterocycles. The maximum Gasteiger partial charge on any atom is 0.0882 e. The van der Waals surface area contributed by atoms with Gasteiger partial charge in [-0.1, -0.05) is 25.8 Å². The number of ether oxygens (including phenoxy) is 1. The molecule has 1 aliphatic rings. The fourth-order valence-electron chi connectivity index (χ4n) is 1.93. The van der Waals surface area contributed by atoms with Gasteiger partial charge in [0.15, 0.2) is 0 Å². The van der Waals surface area contributed by atoms with Crippen molar-refractivity contribution in [1.82, 2.24) is 0 Å². The molecule has 0 unspecified atom stereocenters. The van der Waals surface area contributed by atoms with E-state index in [9.17, 15) is 0 Å². The highest BCUT2D eigenvalue weighted by molar-refractivity contribution is 5.11. The van der Waals surface area contributed by atoms with Crippen LogP contribution in [0.1, 0.15) is 39.0 Å². The van der Waals surface area contributed by atoms with Crippen LogP contribution in [0, 0.1) is 0 Å². The van der Waals surface area contributed by atoms with Gasteiger partial charge in [0, 0.05) is 7.11 Å². The summed E-state index contributed by atoms with van der Waals surface area (Å²) in [6.07, 6.45) is 6.28. The Morgan fingerprint density at radius 1 is 1.27 bits per heavy atom. The molecule has 0 N–H and O–H groups in total. The first-order chi connectivity index (χ1) is 5.21. The van der Waals surface area contributed by atoms with E-state index in [4.69, 9.17) is 4.74 Å². The second-order valence-electron chi connectivity index (χ2n) is 3.54. The number of rotatable bonds is 2. The van der Waals surface area contributed by atoms with Crippen LogP contribution in [0.15, 0.2) is 12.2 Å². The lowest BCUT2D eigenvalue weighted by atomic mass is 9.80. The minimum absolute atomic E-state index is 0.0260. The van der Waals surface area contributed by atoms with Crippen LogP contribution in [0.3, 0.4) is 0 Å². The van der Waals surface area contributed by atoms with Crippen LogP contribution in [0.2, 0.25) is 0 Å².